The standard InChI is InChI=1S/C12H17BrN2O.ClH/c1-9(15-12(16)3-2-8-14)10-4-6-11(13)7-5-10;/h4-7,9H,2-3,8,14H2,1H3,(H,15,16);1H. The second kappa shape index (κ2) is 8.50. The molecule has 17 heavy (non-hydrogen) atoms. The maximum Gasteiger partial charge on any atom is 0.220 e. The Kier molecular flexibility index (Phi) is 8.21. The van der Waals surface area contributed by atoms with Crippen molar-refractivity contribution in [1.82, 2.24) is 5.32 Å². The van der Waals surface area contributed by atoms with Crippen LogP contribution in [-0.2, 0) is 4.79 Å². The van der Waals surface area contributed by atoms with E-state index < -0.39 is 0 Å². The topological polar surface area (TPSA) is 55.1 Å². The Bertz CT molecular complexity index is 343. The highest BCUT2D eigenvalue weighted by Crippen LogP contribution is 2.16. The van der Waals surface area contributed by atoms with E-state index in [9.17, 15) is 4.79 Å². The molecule has 1 atom stereocenters. The Morgan fingerprint density at radius 3 is 2.53 bits per heavy atom. The third kappa shape index (κ3) is 6.05. The first-order valence-corrected chi connectivity index (χ1v) is 6.17. The van der Waals surface area contributed by atoms with Crippen LogP contribution in [0.15, 0.2) is 28.7 Å². The number of nitrogens with one attached hydrogen (secondary N) is 1. The van der Waals surface area contributed by atoms with Gasteiger partial charge < -0.3 is 11.1 Å². The molecule has 0 aliphatic rings. The highest BCUT2D eigenvalue weighted by molar-refractivity contribution is 9.10. The van der Waals surface area contributed by atoms with Gasteiger partial charge >= 0.3 is 0 Å². The highest BCUT2D eigenvalue weighted by Gasteiger charge is 2.08. The second-order valence-electron chi connectivity index (χ2n) is 3.73. The van der Waals surface area contributed by atoms with Gasteiger partial charge in [0.25, 0.3) is 0 Å². The van der Waals surface area contributed by atoms with Gasteiger partial charge in [0.05, 0.1) is 6.04 Å². The fourth-order valence-electron chi connectivity index (χ4n) is 1.41. The molecule has 0 bridgehead atoms. The molecule has 0 saturated carbocycles. The molecular weight excluding hydrogens is 304 g/mol. The van der Waals surface area contributed by atoms with Gasteiger partial charge in [-0.25, -0.2) is 0 Å². The Hall–Kier alpha value is -0.580. The van der Waals surface area contributed by atoms with Crippen LogP contribution in [0.4, 0.5) is 0 Å². The summed E-state index contributed by atoms with van der Waals surface area (Å²) in [6.07, 6.45) is 1.23. The summed E-state index contributed by atoms with van der Waals surface area (Å²) in [5.41, 5.74) is 6.45. The maximum atomic E-state index is 11.5. The van der Waals surface area contributed by atoms with Crippen LogP contribution in [0, 0.1) is 0 Å². The summed E-state index contributed by atoms with van der Waals surface area (Å²) in [5.74, 6) is 0.0564. The summed E-state index contributed by atoms with van der Waals surface area (Å²) >= 11 is 3.38. The van der Waals surface area contributed by atoms with Crippen LogP contribution in [-0.4, -0.2) is 12.5 Å². The minimum atomic E-state index is 0. The van der Waals surface area contributed by atoms with Crippen molar-refractivity contribution in [3.8, 4) is 0 Å². The lowest BCUT2D eigenvalue weighted by atomic mass is 10.1. The lowest BCUT2D eigenvalue weighted by Crippen LogP contribution is -2.26. The van der Waals surface area contributed by atoms with Crippen molar-refractivity contribution in [1.29, 1.82) is 0 Å². The first-order chi connectivity index (χ1) is 7.63. The Balaban J connectivity index is 0.00000256. The number of benzene rings is 1. The molecule has 1 unspecified atom stereocenters. The van der Waals surface area contributed by atoms with E-state index in [0.29, 0.717) is 13.0 Å². The first-order valence-electron chi connectivity index (χ1n) is 5.38. The normalized spacial score (nSPS) is 11.5. The molecule has 0 radical (unpaired) electrons. The van der Waals surface area contributed by atoms with Crippen LogP contribution in [0.3, 0.4) is 0 Å². The lowest BCUT2D eigenvalue weighted by molar-refractivity contribution is -0.121. The van der Waals surface area contributed by atoms with E-state index in [1.807, 2.05) is 31.2 Å². The van der Waals surface area contributed by atoms with Crippen molar-refractivity contribution in [3.63, 3.8) is 0 Å². The van der Waals surface area contributed by atoms with E-state index in [-0.39, 0.29) is 24.4 Å². The highest BCUT2D eigenvalue weighted by atomic mass is 79.9. The number of hydrogen-bond donors (Lipinski definition) is 2. The summed E-state index contributed by atoms with van der Waals surface area (Å²) < 4.78 is 1.04. The van der Waals surface area contributed by atoms with Gasteiger partial charge in [0, 0.05) is 10.9 Å². The van der Waals surface area contributed by atoms with E-state index in [4.69, 9.17) is 5.73 Å². The number of carbonyl (C=O) groups excluding carboxylic acids is 1. The average molecular weight is 322 g/mol. The molecule has 0 fully saturated rings. The summed E-state index contributed by atoms with van der Waals surface area (Å²) in [4.78, 5) is 11.5. The molecule has 5 heteroatoms. The smallest absolute Gasteiger partial charge is 0.220 e. The summed E-state index contributed by atoms with van der Waals surface area (Å²) in [6, 6.07) is 7.98. The summed E-state index contributed by atoms with van der Waals surface area (Å²) in [7, 11) is 0. The Morgan fingerprint density at radius 1 is 1.41 bits per heavy atom. The Labute approximate surface area is 117 Å². The molecular formula is C12H18BrClN2O. The van der Waals surface area contributed by atoms with Crippen molar-refractivity contribution < 1.29 is 4.79 Å². The molecule has 0 aliphatic carbocycles. The van der Waals surface area contributed by atoms with E-state index >= 15 is 0 Å². The molecule has 1 rings (SSSR count). The fourth-order valence-corrected chi connectivity index (χ4v) is 1.68. The van der Waals surface area contributed by atoms with Gasteiger partial charge in [0.2, 0.25) is 5.91 Å². The molecule has 0 saturated heterocycles. The van der Waals surface area contributed by atoms with E-state index in [0.717, 1.165) is 16.5 Å². The van der Waals surface area contributed by atoms with Crippen LogP contribution in [0.1, 0.15) is 31.4 Å². The maximum absolute atomic E-state index is 11.5. The van der Waals surface area contributed by atoms with Crippen molar-refractivity contribution in [3.05, 3.63) is 34.3 Å². The number of amides is 1. The van der Waals surface area contributed by atoms with Crippen LogP contribution in [0.5, 0.6) is 0 Å². The van der Waals surface area contributed by atoms with Gasteiger partial charge in [0.1, 0.15) is 0 Å². The van der Waals surface area contributed by atoms with Gasteiger partial charge in [-0.1, -0.05) is 28.1 Å². The second-order valence-corrected chi connectivity index (χ2v) is 4.65. The number of nitrogens with two attached hydrogens (primary N) is 1. The molecule has 0 aromatic heterocycles. The molecule has 1 aromatic rings. The summed E-state index contributed by atoms with van der Waals surface area (Å²) in [6.45, 7) is 2.53. The average Bonchev–Trinajstić information content (AvgIpc) is 2.27. The zero-order valence-corrected chi connectivity index (χ0v) is 12.2. The minimum Gasteiger partial charge on any atom is -0.350 e. The molecule has 3 N–H and O–H groups in total. The molecule has 0 heterocycles. The molecule has 0 spiro atoms. The van der Waals surface area contributed by atoms with Crippen molar-refractivity contribution >= 4 is 34.2 Å². The number of hydrogen-bond acceptors (Lipinski definition) is 2. The van der Waals surface area contributed by atoms with Crippen LogP contribution in [0.2, 0.25) is 0 Å². The van der Waals surface area contributed by atoms with E-state index in [1.54, 1.807) is 0 Å². The quantitative estimate of drug-likeness (QED) is 0.876. The zero-order chi connectivity index (χ0) is 12.0. The summed E-state index contributed by atoms with van der Waals surface area (Å²) in [5, 5.41) is 2.94. The number of rotatable bonds is 5. The zero-order valence-electron chi connectivity index (χ0n) is 9.78. The van der Waals surface area contributed by atoms with Crippen LogP contribution >= 0.6 is 28.3 Å². The monoisotopic (exact) mass is 320 g/mol. The minimum absolute atomic E-state index is 0. The van der Waals surface area contributed by atoms with Gasteiger partial charge in [-0.15, -0.1) is 12.4 Å². The Morgan fingerprint density at radius 2 is 2.00 bits per heavy atom. The third-order valence-electron chi connectivity index (χ3n) is 2.36. The third-order valence-corrected chi connectivity index (χ3v) is 2.88. The predicted octanol–water partition coefficient (Wildman–Crippen LogP) is 2.79. The van der Waals surface area contributed by atoms with Gasteiger partial charge in [-0.2, -0.15) is 0 Å². The van der Waals surface area contributed by atoms with Crippen LogP contribution < -0.4 is 11.1 Å². The van der Waals surface area contributed by atoms with E-state index in [1.165, 1.54) is 0 Å². The fraction of sp³-hybridized carbons (Fsp3) is 0.417. The largest absolute Gasteiger partial charge is 0.350 e. The van der Waals surface area contributed by atoms with Crippen molar-refractivity contribution in [2.75, 3.05) is 6.54 Å². The van der Waals surface area contributed by atoms with E-state index in [2.05, 4.69) is 21.2 Å². The first kappa shape index (κ1) is 16.4. The molecule has 3 nitrogen and oxygen atoms in total. The molecule has 0 aliphatic heterocycles. The number of halogens is 2. The number of carbonyl (C=O) groups is 1. The SMILES string of the molecule is CC(NC(=O)CCCN)c1ccc(Br)cc1.Cl. The predicted molar refractivity (Wildman–Crippen MR) is 76.2 cm³/mol. The van der Waals surface area contributed by atoms with Gasteiger partial charge in [-0.05, 0) is 37.6 Å². The van der Waals surface area contributed by atoms with Crippen molar-refractivity contribution in [2.45, 2.75) is 25.8 Å². The molecule has 1 aromatic carbocycles. The van der Waals surface area contributed by atoms with Crippen molar-refractivity contribution in [2.24, 2.45) is 5.73 Å². The van der Waals surface area contributed by atoms with Gasteiger partial charge in [-0.3, -0.25) is 4.79 Å². The van der Waals surface area contributed by atoms with Gasteiger partial charge in [0.15, 0.2) is 0 Å². The molecule has 1 amide bonds. The van der Waals surface area contributed by atoms with Crippen LogP contribution in [0.25, 0.3) is 0 Å². The lowest BCUT2D eigenvalue weighted by Gasteiger charge is -2.14. The molecule has 96 valence electrons.